The van der Waals surface area contributed by atoms with Crippen LogP contribution in [-0.4, -0.2) is 62.5 Å². The first-order chi connectivity index (χ1) is 16.3. The zero-order valence-corrected chi connectivity index (χ0v) is 21.2. The number of fused-ring (bicyclic) bond motifs is 7. The summed E-state index contributed by atoms with van der Waals surface area (Å²) in [6, 6.07) is 0. The lowest BCUT2D eigenvalue weighted by Gasteiger charge is -2.60. The van der Waals surface area contributed by atoms with Crippen molar-refractivity contribution in [3.8, 4) is 0 Å². The minimum atomic E-state index is -1.02. The second-order valence-corrected chi connectivity index (χ2v) is 12.0. The van der Waals surface area contributed by atoms with E-state index in [-0.39, 0.29) is 49.3 Å². The highest BCUT2D eigenvalue weighted by atomic mass is 31.0. The van der Waals surface area contributed by atoms with Gasteiger partial charge in [0.05, 0.1) is 24.7 Å². The van der Waals surface area contributed by atoms with Crippen molar-refractivity contribution in [3.63, 3.8) is 0 Å². The van der Waals surface area contributed by atoms with Gasteiger partial charge in [0.25, 0.3) is 0 Å². The first-order valence-corrected chi connectivity index (χ1v) is 13.2. The van der Waals surface area contributed by atoms with Gasteiger partial charge < -0.3 is 32.9 Å². The topological polar surface area (TPSA) is 81.7 Å². The molecule has 3 saturated heterocycles. The Kier molecular flexibility index (Phi) is 4.89. The fourth-order valence-electron chi connectivity index (χ4n) is 9.07. The van der Waals surface area contributed by atoms with E-state index >= 15 is 0 Å². The zero-order chi connectivity index (χ0) is 23.4. The average molecular weight is 495 g/mol. The van der Waals surface area contributed by atoms with Crippen molar-refractivity contribution in [3.05, 3.63) is 11.6 Å². The number of carbonyl (C=O) groups excluding carboxylic acids is 1. The van der Waals surface area contributed by atoms with Crippen LogP contribution in [0.4, 0.5) is 0 Å². The third-order valence-corrected chi connectivity index (χ3v) is 11.3. The maximum atomic E-state index is 14.2. The van der Waals surface area contributed by atoms with Crippen molar-refractivity contribution in [2.45, 2.75) is 75.7 Å². The van der Waals surface area contributed by atoms with Gasteiger partial charge in [-0.05, 0) is 55.9 Å². The molecule has 0 aromatic rings. The lowest BCUT2D eigenvalue weighted by molar-refractivity contribution is -0.239. The Morgan fingerprint density at radius 2 is 1.82 bits per heavy atom. The van der Waals surface area contributed by atoms with Crippen LogP contribution < -0.4 is 0 Å². The molecule has 4 aliphatic carbocycles. The molecule has 3 heterocycles. The van der Waals surface area contributed by atoms with E-state index in [0.717, 1.165) is 32.1 Å². The van der Waals surface area contributed by atoms with E-state index in [1.54, 1.807) is 0 Å². The highest BCUT2D eigenvalue weighted by Gasteiger charge is 2.78. The number of allylic oxidation sites excluding steroid dienone is 1. The van der Waals surface area contributed by atoms with E-state index in [1.807, 2.05) is 6.08 Å². The van der Waals surface area contributed by atoms with Crippen LogP contribution in [0.25, 0.3) is 0 Å². The van der Waals surface area contributed by atoms with Gasteiger partial charge in [-0.3, -0.25) is 4.79 Å². The molecule has 8 nitrogen and oxygen atoms in total. The summed E-state index contributed by atoms with van der Waals surface area (Å²) in [4.78, 5) is 14.2. The molecule has 4 unspecified atom stereocenters. The summed E-state index contributed by atoms with van der Waals surface area (Å²) in [5, 5.41) is 0. The molecule has 3 spiro atoms. The van der Waals surface area contributed by atoms with Crippen LogP contribution in [0.3, 0.4) is 0 Å². The van der Waals surface area contributed by atoms with Crippen LogP contribution >= 0.6 is 9.47 Å². The van der Waals surface area contributed by atoms with E-state index in [1.165, 1.54) is 5.57 Å². The summed E-state index contributed by atoms with van der Waals surface area (Å²) in [6.45, 7) is 6.31. The van der Waals surface area contributed by atoms with Gasteiger partial charge in [-0.25, -0.2) is 0 Å². The molecule has 0 N–H and O–H groups in total. The molecule has 0 amide bonds. The molecule has 0 bridgehead atoms. The first-order valence-electron chi connectivity index (χ1n) is 12.7. The number of carbonyl (C=O) groups is 1. The van der Waals surface area contributed by atoms with Crippen molar-refractivity contribution in [1.29, 1.82) is 0 Å². The monoisotopic (exact) mass is 494 g/mol. The van der Waals surface area contributed by atoms with Gasteiger partial charge in [0.1, 0.15) is 12.2 Å². The van der Waals surface area contributed by atoms with E-state index in [9.17, 15) is 4.79 Å². The summed E-state index contributed by atoms with van der Waals surface area (Å²) in [7, 11) is 2.51. The number of hydrogen-bond donors (Lipinski definition) is 0. The van der Waals surface area contributed by atoms with Gasteiger partial charge in [-0.2, -0.15) is 0 Å². The predicted octanol–water partition coefficient (Wildman–Crippen LogP) is 3.10. The van der Waals surface area contributed by atoms with Crippen molar-refractivity contribution >= 4 is 15.2 Å². The van der Waals surface area contributed by atoms with Crippen LogP contribution in [-0.2, 0) is 37.7 Å². The summed E-state index contributed by atoms with van der Waals surface area (Å²) < 4.78 is 42.4. The molecule has 0 radical (unpaired) electrons. The number of rotatable bonds is 1. The fraction of sp³-hybridized carbons (Fsp3) is 0.880. The molecule has 6 fully saturated rings. The van der Waals surface area contributed by atoms with E-state index in [0.29, 0.717) is 25.6 Å². The van der Waals surface area contributed by atoms with Gasteiger partial charge in [0, 0.05) is 28.2 Å². The second kappa shape index (κ2) is 7.32. The number of hydrogen-bond acceptors (Lipinski definition) is 8. The van der Waals surface area contributed by atoms with Crippen molar-refractivity contribution in [2.75, 3.05) is 33.4 Å². The summed E-state index contributed by atoms with van der Waals surface area (Å²) in [5.74, 6) is -0.799. The van der Waals surface area contributed by atoms with Crippen LogP contribution in [0.5, 0.6) is 0 Å². The van der Waals surface area contributed by atoms with Crippen LogP contribution in [0.1, 0.15) is 52.4 Å². The molecule has 7 rings (SSSR count). The maximum Gasteiger partial charge on any atom is 0.227 e. The van der Waals surface area contributed by atoms with Gasteiger partial charge in [-0.1, -0.05) is 12.5 Å². The molecule has 9 atom stereocenters. The minimum absolute atomic E-state index is 0.00234. The highest BCUT2D eigenvalue weighted by molar-refractivity contribution is 7.09. The van der Waals surface area contributed by atoms with E-state index in [4.69, 9.17) is 32.9 Å². The lowest BCUT2D eigenvalue weighted by Crippen LogP contribution is -2.66. The Morgan fingerprint density at radius 3 is 2.56 bits per heavy atom. The second-order valence-electron chi connectivity index (χ2n) is 11.8. The molecule has 0 aromatic heterocycles. The number of ketones is 1. The van der Waals surface area contributed by atoms with Crippen molar-refractivity contribution < 1.29 is 37.7 Å². The van der Waals surface area contributed by atoms with Gasteiger partial charge in [0.2, 0.25) is 5.79 Å². The maximum absolute atomic E-state index is 14.2. The van der Waals surface area contributed by atoms with E-state index < -0.39 is 22.6 Å². The van der Waals surface area contributed by atoms with Crippen LogP contribution in [0, 0.1) is 28.6 Å². The van der Waals surface area contributed by atoms with Gasteiger partial charge in [0.15, 0.2) is 25.2 Å². The van der Waals surface area contributed by atoms with Gasteiger partial charge in [-0.15, -0.1) is 0 Å². The summed E-state index contributed by atoms with van der Waals surface area (Å²) >= 11 is 0. The molecule has 9 heteroatoms. The Balaban J connectivity index is 1.31. The first kappa shape index (κ1) is 22.7. The number of ether oxygens (including phenoxy) is 6. The van der Waals surface area contributed by atoms with Crippen LogP contribution in [0.15, 0.2) is 11.6 Å². The molecule has 3 aliphatic heterocycles. The molecule has 7 aliphatic rings. The lowest BCUT2D eigenvalue weighted by atomic mass is 9.46. The summed E-state index contributed by atoms with van der Waals surface area (Å²) in [6.07, 6.45) is 7.10. The Morgan fingerprint density at radius 1 is 1.03 bits per heavy atom. The Bertz CT molecular complexity index is 920. The smallest absolute Gasteiger partial charge is 0.227 e. The predicted molar refractivity (Wildman–Crippen MR) is 121 cm³/mol. The normalized spacial score (nSPS) is 53.4. The molecular weight excluding hydrogens is 459 g/mol. The summed E-state index contributed by atoms with van der Waals surface area (Å²) in [5.41, 5.74) is -0.449. The Labute approximate surface area is 202 Å². The SMILES string of the molecule is C[C@]12C(=O)C=C3C(C1CC[C@@]21OCOC12COCO2)[C@H](OP)C[C@@H]1CC2(CC[C@]31C)OCCO2. The standard InChI is InChI=1S/C25H35O8P/c1-21-5-6-23(28-7-8-29-23)11-15(21)9-18(33-34)20-16-3-4-24(22(16,2)19(26)10-17(20)21)25(32-14-30-24)12-27-13-31-25/h10,15-16,18,20H,3-9,11-14,34H2,1-2H3/t15-,16?,18-,20?,21+,22-,24-,25?/m1/s1. The van der Waals surface area contributed by atoms with Crippen molar-refractivity contribution in [2.24, 2.45) is 28.6 Å². The largest absolute Gasteiger partial charge is 0.362 e. The molecule has 34 heavy (non-hydrogen) atoms. The quantitative estimate of drug-likeness (QED) is 0.515. The molecule has 0 aromatic carbocycles. The zero-order valence-electron chi connectivity index (χ0n) is 20.0. The molecule has 188 valence electrons. The highest BCUT2D eigenvalue weighted by Crippen LogP contribution is 2.70. The van der Waals surface area contributed by atoms with Crippen LogP contribution in [0.2, 0.25) is 0 Å². The Hall–Kier alpha value is -0.440. The minimum Gasteiger partial charge on any atom is -0.362 e. The molecular formula is C25H35O8P. The molecule has 3 saturated carbocycles. The van der Waals surface area contributed by atoms with Crippen molar-refractivity contribution in [1.82, 2.24) is 0 Å². The van der Waals surface area contributed by atoms with Gasteiger partial charge >= 0.3 is 0 Å². The third-order valence-electron chi connectivity index (χ3n) is 10.9. The average Bonchev–Trinajstić information content (AvgIpc) is 3.61. The van der Waals surface area contributed by atoms with E-state index in [2.05, 4.69) is 23.3 Å². The fourth-order valence-corrected chi connectivity index (χ4v) is 9.35. The third kappa shape index (κ3) is 2.55.